The third-order valence-corrected chi connectivity index (χ3v) is 4.38. The van der Waals surface area contributed by atoms with Gasteiger partial charge in [0.15, 0.2) is 12.0 Å². The van der Waals surface area contributed by atoms with E-state index in [9.17, 15) is 14.4 Å². The maximum Gasteiger partial charge on any atom is 0.326 e. The van der Waals surface area contributed by atoms with Gasteiger partial charge >= 0.3 is 5.97 Å². The lowest BCUT2D eigenvalue weighted by Crippen LogP contribution is -2.30. The molecule has 0 unspecified atom stereocenters. The van der Waals surface area contributed by atoms with Gasteiger partial charge in [0, 0.05) is 17.3 Å². The lowest BCUT2D eigenvalue weighted by Gasteiger charge is -2.14. The van der Waals surface area contributed by atoms with Crippen LogP contribution in [0.3, 0.4) is 0 Å². The van der Waals surface area contributed by atoms with Crippen LogP contribution in [-0.2, 0) is 20.9 Å². The topological polar surface area (TPSA) is 77.4 Å². The van der Waals surface area contributed by atoms with Crippen molar-refractivity contribution < 1.29 is 14.3 Å². The lowest BCUT2D eigenvalue weighted by molar-refractivity contribution is -0.149. The molecular weight excluding hydrogens is 344 g/mol. The molecule has 0 bridgehead atoms. The number of fused-ring (bicyclic) bond motifs is 2. The second kappa shape index (κ2) is 8.49. The zero-order chi connectivity index (χ0) is 19.2. The van der Waals surface area contributed by atoms with Crippen LogP contribution in [0.4, 0.5) is 0 Å². The monoisotopic (exact) mass is 366 g/mol. The first kappa shape index (κ1) is 18.6. The zero-order valence-corrected chi connectivity index (χ0v) is 15.2. The lowest BCUT2D eigenvalue weighted by atomic mass is 10.1. The quantitative estimate of drug-likeness (QED) is 0.396. The Kier molecular flexibility index (Phi) is 5.86. The molecule has 0 radical (unpaired) electrons. The van der Waals surface area contributed by atoms with Gasteiger partial charge in [-0.25, -0.2) is 0 Å². The zero-order valence-electron chi connectivity index (χ0n) is 15.2. The Morgan fingerprint density at radius 3 is 2.19 bits per heavy atom. The van der Waals surface area contributed by atoms with Crippen molar-refractivity contribution in [2.45, 2.75) is 26.3 Å². The highest BCUT2D eigenvalue weighted by atomic mass is 16.5. The number of unbranched alkanes of at least 4 members (excludes halogenated alkanes) is 1. The Balaban J connectivity index is 1.83. The van der Waals surface area contributed by atoms with Crippen molar-refractivity contribution in [1.29, 1.82) is 0 Å². The molecule has 0 fully saturated rings. The molecule has 0 saturated carbocycles. The average Bonchev–Trinajstić information content (AvgIpc) is 2.70. The van der Waals surface area contributed by atoms with Crippen LogP contribution in [0.5, 0.6) is 0 Å². The Morgan fingerprint density at radius 1 is 1.00 bits per heavy atom. The maximum atomic E-state index is 12.7. The summed E-state index contributed by atoms with van der Waals surface area (Å²) in [5, 5.41) is 3.79. The summed E-state index contributed by atoms with van der Waals surface area (Å²) >= 11 is 0. The molecule has 3 rings (SSSR count). The summed E-state index contributed by atoms with van der Waals surface area (Å²) in [5.41, 5.74) is 1.25. The van der Waals surface area contributed by atoms with E-state index in [1.807, 2.05) is 19.1 Å². The number of carbonyl (C=O) groups excluding carboxylic acids is 2. The summed E-state index contributed by atoms with van der Waals surface area (Å²) in [7, 11) is 0. The third-order valence-electron chi connectivity index (χ3n) is 4.38. The molecule has 6 heteroatoms. The minimum absolute atomic E-state index is 0.0684. The molecule has 1 amide bonds. The van der Waals surface area contributed by atoms with Crippen LogP contribution in [0, 0.1) is 0 Å². The van der Waals surface area contributed by atoms with E-state index in [1.54, 1.807) is 41.0 Å². The average molecular weight is 366 g/mol. The van der Waals surface area contributed by atoms with Gasteiger partial charge in [-0.2, -0.15) is 0 Å². The van der Waals surface area contributed by atoms with Crippen LogP contribution in [0.1, 0.15) is 19.8 Å². The first-order valence-electron chi connectivity index (χ1n) is 9.04. The molecule has 6 nitrogen and oxygen atoms in total. The molecular formula is C21H22N2O4. The summed E-state index contributed by atoms with van der Waals surface area (Å²) in [4.78, 5) is 36.7. The maximum absolute atomic E-state index is 12.7. The summed E-state index contributed by atoms with van der Waals surface area (Å²) < 4.78 is 6.87. The van der Waals surface area contributed by atoms with E-state index in [0.29, 0.717) is 28.4 Å². The van der Waals surface area contributed by atoms with Gasteiger partial charge in [-0.3, -0.25) is 14.4 Å². The predicted octanol–water partition coefficient (Wildman–Crippen LogP) is 2.61. The summed E-state index contributed by atoms with van der Waals surface area (Å²) in [6.07, 6.45) is 1.86. The van der Waals surface area contributed by atoms with Crippen LogP contribution < -0.4 is 10.7 Å². The van der Waals surface area contributed by atoms with Crippen molar-refractivity contribution in [3.05, 3.63) is 58.8 Å². The number of aromatic nitrogens is 1. The van der Waals surface area contributed by atoms with Crippen LogP contribution in [0.15, 0.2) is 53.3 Å². The van der Waals surface area contributed by atoms with E-state index in [1.165, 1.54) is 0 Å². The van der Waals surface area contributed by atoms with E-state index in [-0.39, 0.29) is 24.5 Å². The molecule has 0 saturated heterocycles. The minimum Gasteiger partial charge on any atom is -0.454 e. The Morgan fingerprint density at radius 2 is 1.59 bits per heavy atom. The number of pyridine rings is 1. The van der Waals surface area contributed by atoms with Gasteiger partial charge in [-0.05, 0) is 30.7 Å². The Labute approximate surface area is 156 Å². The van der Waals surface area contributed by atoms with Crippen molar-refractivity contribution in [3.63, 3.8) is 0 Å². The van der Waals surface area contributed by atoms with Crippen molar-refractivity contribution >= 4 is 33.7 Å². The number of carbonyl (C=O) groups is 2. The molecule has 1 aromatic heterocycles. The van der Waals surface area contributed by atoms with Gasteiger partial charge in [0.1, 0.15) is 6.54 Å². The second-order valence-electron chi connectivity index (χ2n) is 6.31. The van der Waals surface area contributed by atoms with Gasteiger partial charge in [0.2, 0.25) is 0 Å². The van der Waals surface area contributed by atoms with Crippen molar-refractivity contribution in [2.75, 3.05) is 13.2 Å². The number of benzene rings is 2. The molecule has 0 spiro atoms. The fraction of sp³-hybridized carbons (Fsp3) is 0.286. The Hall–Kier alpha value is -3.15. The fourth-order valence-corrected chi connectivity index (χ4v) is 3.02. The molecule has 140 valence electrons. The van der Waals surface area contributed by atoms with E-state index >= 15 is 0 Å². The number of rotatable bonds is 7. The van der Waals surface area contributed by atoms with Gasteiger partial charge in [-0.1, -0.05) is 37.6 Å². The van der Waals surface area contributed by atoms with Crippen LogP contribution in [0.25, 0.3) is 21.8 Å². The van der Waals surface area contributed by atoms with Crippen molar-refractivity contribution in [1.82, 2.24) is 9.88 Å². The number of esters is 1. The molecule has 3 aromatic rings. The largest absolute Gasteiger partial charge is 0.454 e. The highest BCUT2D eigenvalue weighted by Gasteiger charge is 2.14. The molecule has 0 aliphatic rings. The first-order chi connectivity index (χ1) is 13.1. The molecule has 2 aromatic carbocycles. The number of nitrogens with zero attached hydrogens (tertiary/aromatic N) is 1. The van der Waals surface area contributed by atoms with Gasteiger partial charge < -0.3 is 14.6 Å². The summed E-state index contributed by atoms with van der Waals surface area (Å²) in [5.74, 6) is -0.842. The molecule has 0 atom stereocenters. The molecule has 0 aliphatic heterocycles. The number of para-hydroxylation sites is 2. The van der Waals surface area contributed by atoms with Crippen LogP contribution in [0.2, 0.25) is 0 Å². The fourth-order valence-electron chi connectivity index (χ4n) is 3.02. The molecule has 1 heterocycles. The van der Waals surface area contributed by atoms with Gasteiger partial charge in [0.25, 0.3) is 5.91 Å². The van der Waals surface area contributed by atoms with Crippen LogP contribution in [-0.4, -0.2) is 29.6 Å². The van der Waals surface area contributed by atoms with Crippen molar-refractivity contribution in [2.24, 2.45) is 0 Å². The summed E-state index contributed by atoms with van der Waals surface area (Å²) in [6.45, 7) is 2.22. The number of ether oxygens (including phenoxy) is 1. The number of hydrogen-bond donors (Lipinski definition) is 1. The van der Waals surface area contributed by atoms with E-state index in [2.05, 4.69) is 5.32 Å². The SMILES string of the molecule is CCCCNC(=O)COC(=O)Cn1c2ccccc2c(=O)c2ccccc21. The highest BCUT2D eigenvalue weighted by molar-refractivity contribution is 5.94. The summed E-state index contributed by atoms with van der Waals surface area (Å²) in [6, 6.07) is 14.3. The molecule has 27 heavy (non-hydrogen) atoms. The standard InChI is InChI=1S/C21H22N2O4/c1-2-3-12-22-19(24)14-27-20(25)13-23-17-10-6-4-8-15(17)21(26)16-9-5-7-11-18(16)23/h4-11H,2-3,12-14H2,1H3,(H,22,24). The Bertz CT molecular complexity index is 979. The normalized spacial score (nSPS) is 10.9. The van der Waals surface area contributed by atoms with E-state index in [4.69, 9.17) is 4.74 Å². The van der Waals surface area contributed by atoms with E-state index in [0.717, 1.165) is 12.8 Å². The smallest absolute Gasteiger partial charge is 0.326 e. The molecule has 0 aliphatic carbocycles. The van der Waals surface area contributed by atoms with Gasteiger partial charge in [-0.15, -0.1) is 0 Å². The van der Waals surface area contributed by atoms with Crippen molar-refractivity contribution in [3.8, 4) is 0 Å². The second-order valence-corrected chi connectivity index (χ2v) is 6.31. The van der Waals surface area contributed by atoms with Gasteiger partial charge in [0.05, 0.1) is 11.0 Å². The van der Waals surface area contributed by atoms with Crippen LogP contribution >= 0.6 is 0 Å². The number of nitrogens with one attached hydrogen (secondary N) is 1. The first-order valence-corrected chi connectivity index (χ1v) is 9.04. The molecule has 1 N–H and O–H groups in total. The van der Waals surface area contributed by atoms with E-state index < -0.39 is 5.97 Å². The third kappa shape index (κ3) is 4.16. The predicted molar refractivity (Wildman–Crippen MR) is 105 cm³/mol. The highest BCUT2D eigenvalue weighted by Crippen LogP contribution is 2.19. The number of amides is 1. The number of hydrogen-bond acceptors (Lipinski definition) is 4. The minimum atomic E-state index is -0.528.